The summed E-state index contributed by atoms with van der Waals surface area (Å²) in [6, 6.07) is 5.81. The van der Waals surface area contributed by atoms with Crippen molar-refractivity contribution in [2.24, 2.45) is 0 Å². The summed E-state index contributed by atoms with van der Waals surface area (Å²) in [7, 11) is 0. The second-order valence-electron chi connectivity index (χ2n) is 4.23. The van der Waals surface area contributed by atoms with Crippen molar-refractivity contribution in [2.75, 3.05) is 0 Å². The number of rotatable bonds is 4. The molecule has 0 saturated heterocycles. The Balaban J connectivity index is 2.28. The van der Waals surface area contributed by atoms with Crippen LogP contribution in [0, 0.1) is 6.92 Å². The molecule has 5 heteroatoms. The number of nitrogens with zero attached hydrogens (tertiary/aromatic N) is 3. The van der Waals surface area contributed by atoms with Gasteiger partial charge in [0.25, 0.3) is 0 Å². The lowest BCUT2D eigenvalue weighted by molar-refractivity contribution is 0.428. The van der Waals surface area contributed by atoms with Crippen molar-refractivity contribution in [1.29, 1.82) is 0 Å². The average molecular weight is 278 g/mol. The Morgan fingerprint density at radius 1 is 1.11 bits per heavy atom. The Labute approximate surface area is 117 Å². The number of aromatic nitrogens is 3. The van der Waals surface area contributed by atoms with Crippen LogP contribution in [0.5, 0.6) is 11.8 Å². The summed E-state index contributed by atoms with van der Waals surface area (Å²) in [4.78, 5) is 4.37. The summed E-state index contributed by atoms with van der Waals surface area (Å²) >= 11 is 6.11. The van der Waals surface area contributed by atoms with Crippen LogP contribution in [0.15, 0.2) is 18.2 Å². The van der Waals surface area contributed by atoms with Crippen LogP contribution in [-0.4, -0.2) is 15.2 Å². The van der Waals surface area contributed by atoms with E-state index in [1.165, 1.54) is 0 Å². The molecule has 2 rings (SSSR count). The van der Waals surface area contributed by atoms with Gasteiger partial charge in [0.15, 0.2) is 0 Å². The molecule has 0 amide bonds. The average Bonchev–Trinajstić information content (AvgIpc) is 2.41. The molecule has 4 nitrogen and oxygen atoms in total. The zero-order valence-corrected chi connectivity index (χ0v) is 12.0. The lowest BCUT2D eigenvalue weighted by Gasteiger charge is -2.08. The van der Waals surface area contributed by atoms with Crippen molar-refractivity contribution < 1.29 is 4.74 Å². The Morgan fingerprint density at radius 3 is 2.47 bits per heavy atom. The second-order valence-corrected chi connectivity index (χ2v) is 4.64. The fourth-order valence-electron chi connectivity index (χ4n) is 1.75. The summed E-state index contributed by atoms with van der Waals surface area (Å²) in [5.74, 6) is 0.542. The Kier molecular flexibility index (Phi) is 4.32. The molecular weight excluding hydrogens is 262 g/mol. The van der Waals surface area contributed by atoms with E-state index in [0.717, 1.165) is 29.8 Å². The summed E-state index contributed by atoms with van der Waals surface area (Å²) in [6.07, 6.45) is 1.62. The van der Waals surface area contributed by atoms with Crippen LogP contribution < -0.4 is 4.74 Å². The molecule has 1 aromatic carbocycles. The minimum atomic E-state index is 0.236. The molecule has 1 aromatic heterocycles. The summed E-state index contributed by atoms with van der Waals surface area (Å²) in [6.45, 7) is 6.03. The maximum atomic E-state index is 6.11. The monoisotopic (exact) mass is 277 g/mol. The van der Waals surface area contributed by atoms with Gasteiger partial charge in [0, 0.05) is 0 Å². The van der Waals surface area contributed by atoms with Crippen LogP contribution in [0.25, 0.3) is 0 Å². The van der Waals surface area contributed by atoms with Crippen LogP contribution >= 0.6 is 11.6 Å². The van der Waals surface area contributed by atoms with Crippen LogP contribution in [0.2, 0.25) is 5.02 Å². The van der Waals surface area contributed by atoms with E-state index in [-0.39, 0.29) is 6.01 Å². The fraction of sp³-hybridized carbons (Fsp3) is 0.357. The van der Waals surface area contributed by atoms with Gasteiger partial charge in [-0.05, 0) is 37.5 Å². The standard InChI is InChI=1S/C14H16ClN3O/c1-4-11-12(5-2)17-18-14(16-11)19-13-7-6-9(3)8-10(13)15/h6-8H,4-5H2,1-3H3. The lowest BCUT2D eigenvalue weighted by Crippen LogP contribution is -2.04. The van der Waals surface area contributed by atoms with Crippen molar-refractivity contribution in [3.05, 3.63) is 40.2 Å². The van der Waals surface area contributed by atoms with E-state index < -0.39 is 0 Å². The number of ether oxygens (including phenoxy) is 1. The molecule has 0 aliphatic carbocycles. The van der Waals surface area contributed by atoms with Gasteiger partial charge >= 0.3 is 6.01 Å². The lowest BCUT2D eigenvalue weighted by atomic mass is 10.2. The zero-order chi connectivity index (χ0) is 13.8. The minimum Gasteiger partial charge on any atom is -0.422 e. The molecule has 0 spiro atoms. The number of hydrogen-bond acceptors (Lipinski definition) is 4. The molecule has 1 heterocycles. The smallest absolute Gasteiger partial charge is 0.341 e. The van der Waals surface area contributed by atoms with E-state index in [9.17, 15) is 0 Å². The third kappa shape index (κ3) is 3.20. The molecule has 0 N–H and O–H groups in total. The van der Waals surface area contributed by atoms with Gasteiger partial charge in [-0.2, -0.15) is 4.98 Å². The third-order valence-corrected chi connectivity index (χ3v) is 3.07. The highest BCUT2D eigenvalue weighted by Gasteiger charge is 2.09. The number of halogens is 1. The van der Waals surface area contributed by atoms with Gasteiger partial charge in [-0.15, -0.1) is 5.10 Å². The van der Waals surface area contributed by atoms with Crippen molar-refractivity contribution in [1.82, 2.24) is 15.2 Å². The third-order valence-electron chi connectivity index (χ3n) is 2.78. The van der Waals surface area contributed by atoms with Crippen LogP contribution in [0.4, 0.5) is 0 Å². The van der Waals surface area contributed by atoms with E-state index >= 15 is 0 Å². The maximum absolute atomic E-state index is 6.11. The van der Waals surface area contributed by atoms with Crippen molar-refractivity contribution in [2.45, 2.75) is 33.6 Å². The fourth-order valence-corrected chi connectivity index (χ4v) is 2.02. The highest BCUT2D eigenvalue weighted by atomic mass is 35.5. The van der Waals surface area contributed by atoms with E-state index in [1.54, 1.807) is 6.07 Å². The summed E-state index contributed by atoms with van der Waals surface area (Å²) in [5.41, 5.74) is 2.90. The number of hydrogen-bond donors (Lipinski definition) is 0. The second kappa shape index (κ2) is 5.97. The van der Waals surface area contributed by atoms with Crippen molar-refractivity contribution >= 4 is 11.6 Å². The minimum absolute atomic E-state index is 0.236. The van der Waals surface area contributed by atoms with Crippen molar-refractivity contribution in [3.63, 3.8) is 0 Å². The van der Waals surface area contributed by atoms with Gasteiger partial charge in [0.05, 0.1) is 16.4 Å². The molecule has 0 aliphatic rings. The Hall–Kier alpha value is -1.68. The molecule has 0 radical (unpaired) electrons. The van der Waals surface area contributed by atoms with Gasteiger partial charge in [-0.1, -0.05) is 36.6 Å². The van der Waals surface area contributed by atoms with Gasteiger partial charge in [-0.25, -0.2) is 0 Å². The molecule has 0 saturated carbocycles. The molecule has 0 bridgehead atoms. The van der Waals surface area contributed by atoms with Crippen LogP contribution in [0.3, 0.4) is 0 Å². The SMILES string of the molecule is CCc1nnc(Oc2ccc(C)cc2Cl)nc1CC. The molecule has 0 atom stereocenters. The first-order valence-corrected chi connectivity index (χ1v) is 6.68. The topological polar surface area (TPSA) is 47.9 Å². The first-order valence-electron chi connectivity index (χ1n) is 6.30. The maximum Gasteiger partial charge on any atom is 0.341 e. The largest absolute Gasteiger partial charge is 0.422 e. The van der Waals surface area contributed by atoms with E-state index in [0.29, 0.717) is 10.8 Å². The first kappa shape index (κ1) is 13.7. The quantitative estimate of drug-likeness (QED) is 0.854. The molecule has 100 valence electrons. The predicted molar refractivity (Wildman–Crippen MR) is 74.8 cm³/mol. The van der Waals surface area contributed by atoms with E-state index in [2.05, 4.69) is 15.2 Å². The summed E-state index contributed by atoms with van der Waals surface area (Å²) in [5, 5.41) is 8.65. The highest BCUT2D eigenvalue weighted by Crippen LogP contribution is 2.28. The molecule has 0 fully saturated rings. The van der Waals surface area contributed by atoms with Gasteiger partial charge in [0.1, 0.15) is 5.75 Å². The predicted octanol–water partition coefficient (Wildman–Crippen LogP) is 3.75. The van der Waals surface area contributed by atoms with Gasteiger partial charge in [0.2, 0.25) is 0 Å². The Morgan fingerprint density at radius 2 is 1.84 bits per heavy atom. The first-order chi connectivity index (χ1) is 9.13. The normalized spacial score (nSPS) is 10.5. The number of benzene rings is 1. The zero-order valence-electron chi connectivity index (χ0n) is 11.3. The van der Waals surface area contributed by atoms with Gasteiger partial charge in [-0.3, -0.25) is 0 Å². The highest BCUT2D eigenvalue weighted by molar-refractivity contribution is 6.32. The molecule has 0 aliphatic heterocycles. The van der Waals surface area contributed by atoms with Crippen LogP contribution in [0.1, 0.15) is 30.8 Å². The van der Waals surface area contributed by atoms with Crippen LogP contribution in [-0.2, 0) is 12.8 Å². The summed E-state index contributed by atoms with van der Waals surface area (Å²) < 4.78 is 5.59. The number of aryl methyl sites for hydroxylation is 3. The Bertz CT molecular complexity index is 587. The van der Waals surface area contributed by atoms with E-state index in [4.69, 9.17) is 16.3 Å². The van der Waals surface area contributed by atoms with E-state index in [1.807, 2.05) is 32.9 Å². The molecular formula is C14H16ClN3O. The molecule has 19 heavy (non-hydrogen) atoms. The molecule has 0 unspecified atom stereocenters. The molecule has 2 aromatic rings. The van der Waals surface area contributed by atoms with Gasteiger partial charge < -0.3 is 4.74 Å². The van der Waals surface area contributed by atoms with Crippen molar-refractivity contribution in [3.8, 4) is 11.8 Å².